The number of hydrogen-bond acceptors (Lipinski definition) is 5. The smallest absolute Gasteiger partial charge is 0.251 e. The highest BCUT2D eigenvalue weighted by atomic mass is 35.5. The van der Waals surface area contributed by atoms with E-state index >= 15 is 0 Å². The highest BCUT2D eigenvalue weighted by Gasteiger charge is 2.38. The molecule has 0 spiro atoms. The molecule has 0 aliphatic carbocycles. The first-order valence-electron chi connectivity index (χ1n) is 8.64. The minimum atomic E-state index is -0.992. The Bertz CT molecular complexity index is 706. The van der Waals surface area contributed by atoms with Crippen LogP contribution in [0.2, 0.25) is 5.02 Å². The van der Waals surface area contributed by atoms with Crippen LogP contribution in [0.15, 0.2) is 29.3 Å². The first kappa shape index (κ1) is 20.5. The van der Waals surface area contributed by atoms with Gasteiger partial charge < -0.3 is 10.2 Å². The maximum Gasteiger partial charge on any atom is 0.251 e. The molecule has 1 aliphatic rings. The fourth-order valence-corrected chi connectivity index (χ4v) is 3.17. The normalized spacial score (nSPS) is 18.1. The molecule has 0 saturated carbocycles. The zero-order chi connectivity index (χ0) is 19.1. The number of amides is 2. The van der Waals surface area contributed by atoms with Gasteiger partial charge in [-0.25, -0.2) is 0 Å². The molecule has 1 N–H and O–H groups in total. The van der Waals surface area contributed by atoms with E-state index in [2.05, 4.69) is 29.1 Å². The van der Waals surface area contributed by atoms with E-state index in [-0.39, 0.29) is 5.11 Å². The molecule has 1 heterocycles. The van der Waals surface area contributed by atoms with Crippen LogP contribution in [0.1, 0.15) is 20.3 Å². The number of rotatable bonds is 8. The maximum atomic E-state index is 12.8. The van der Waals surface area contributed by atoms with Crippen LogP contribution in [0.25, 0.3) is 0 Å². The third-order valence-corrected chi connectivity index (χ3v) is 4.70. The van der Waals surface area contributed by atoms with Crippen molar-refractivity contribution in [1.82, 2.24) is 10.2 Å². The molecule has 1 aliphatic heterocycles. The van der Waals surface area contributed by atoms with Gasteiger partial charge in [-0.15, -0.1) is 0 Å². The van der Waals surface area contributed by atoms with Gasteiger partial charge in [0.25, 0.3) is 5.91 Å². The van der Waals surface area contributed by atoms with Gasteiger partial charge in [-0.2, -0.15) is 0 Å². The number of nitrogens with one attached hydrogen (secondary N) is 1. The molecule has 2 rings (SSSR count). The lowest BCUT2D eigenvalue weighted by Gasteiger charge is -2.31. The van der Waals surface area contributed by atoms with Crippen molar-refractivity contribution in [2.24, 2.45) is 10.9 Å². The van der Waals surface area contributed by atoms with Crippen LogP contribution in [0.3, 0.4) is 0 Å². The SMILES string of the molecule is CCN(CC)CCCN=CC1C(=O)NC(=S)N(c2cccc(Cl)c2)C1=O. The Morgan fingerprint density at radius 3 is 2.73 bits per heavy atom. The molecule has 0 radical (unpaired) electrons. The minimum Gasteiger partial charge on any atom is -0.304 e. The van der Waals surface area contributed by atoms with Crippen molar-refractivity contribution in [2.45, 2.75) is 20.3 Å². The van der Waals surface area contributed by atoms with E-state index in [0.717, 1.165) is 26.1 Å². The molecule has 26 heavy (non-hydrogen) atoms. The van der Waals surface area contributed by atoms with Gasteiger partial charge in [0.05, 0.1) is 5.69 Å². The Balaban J connectivity index is 2.04. The Kier molecular flexibility index (Phi) is 7.68. The fraction of sp³-hybridized carbons (Fsp3) is 0.444. The van der Waals surface area contributed by atoms with Crippen LogP contribution in [0.5, 0.6) is 0 Å². The summed E-state index contributed by atoms with van der Waals surface area (Å²) >= 11 is 11.1. The summed E-state index contributed by atoms with van der Waals surface area (Å²) in [7, 11) is 0. The molecule has 1 fully saturated rings. The van der Waals surface area contributed by atoms with E-state index in [4.69, 9.17) is 23.8 Å². The van der Waals surface area contributed by atoms with Gasteiger partial charge in [0.2, 0.25) is 5.91 Å². The number of halogens is 1. The molecule has 1 aromatic carbocycles. The van der Waals surface area contributed by atoms with E-state index < -0.39 is 17.7 Å². The summed E-state index contributed by atoms with van der Waals surface area (Å²) in [5, 5.41) is 3.09. The molecule has 1 unspecified atom stereocenters. The van der Waals surface area contributed by atoms with Gasteiger partial charge in [0.15, 0.2) is 11.0 Å². The van der Waals surface area contributed by atoms with Crippen molar-refractivity contribution >= 4 is 52.6 Å². The van der Waals surface area contributed by atoms with Crippen LogP contribution in [-0.2, 0) is 9.59 Å². The van der Waals surface area contributed by atoms with E-state index in [1.807, 2.05) is 0 Å². The lowest BCUT2D eigenvalue weighted by atomic mass is 10.1. The molecule has 1 saturated heterocycles. The Morgan fingerprint density at radius 1 is 1.35 bits per heavy atom. The largest absolute Gasteiger partial charge is 0.304 e. The van der Waals surface area contributed by atoms with Crippen LogP contribution >= 0.6 is 23.8 Å². The highest BCUT2D eigenvalue weighted by Crippen LogP contribution is 2.23. The number of carbonyl (C=O) groups is 2. The lowest BCUT2D eigenvalue weighted by molar-refractivity contribution is -0.130. The second-order valence-corrected chi connectivity index (χ2v) is 6.68. The van der Waals surface area contributed by atoms with Crippen molar-refractivity contribution < 1.29 is 9.59 Å². The third-order valence-electron chi connectivity index (χ3n) is 4.18. The predicted octanol–water partition coefficient (Wildman–Crippen LogP) is 2.51. The van der Waals surface area contributed by atoms with Crippen molar-refractivity contribution in [1.29, 1.82) is 0 Å². The van der Waals surface area contributed by atoms with Crippen molar-refractivity contribution in [2.75, 3.05) is 31.1 Å². The van der Waals surface area contributed by atoms with Crippen LogP contribution < -0.4 is 10.2 Å². The van der Waals surface area contributed by atoms with Crippen molar-refractivity contribution in [3.8, 4) is 0 Å². The summed E-state index contributed by atoms with van der Waals surface area (Å²) in [5.74, 6) is -1.87. The molecular weight excluding hydrogens is 372 g/mol. The summed E-state index contributed by atoms with van der Waals surface area (Å²) in [6.07, 6.45) is 2.29. The van der Waals surface area contributed by atoms with E-state index in [1.165, 1.54) is 11.1 Å². The quantitative estimate of drug-likeness (QED) is 0.318. The third kappa shape index (κ3) is 5.09. The van der Waals surface area contributed by atoms with Gasteiger partial charge in [0, 0.05) is 17.8 Å². The lowest BCUT2D eigenvalue weighted by Crippen LogP contribution is -2.58. The number of nitrogens with zero attached hydrogens (tertiary/aromatic N) is 3. The predicted molar refractivity (Wildman–Crippen MR) is 109 cm³/mol. The average molecular weight is 395 g/mol. The Hall–Kier alpha value is -1.83. The minimum absolute atomic E-state index is 0.0495. The monoisotopic (exact) mass is 394 g/mol. The molecule has 0 bridgehead atoms. The summed E-state index contributed by atoms with van der Waals surface area (Å²) < 4.78 is 0. The van der Waals surface area contributed by atoms with Gasteiger partial charge in [-0.3, -0.25) is 19.5 Å². The number of carbonyl (C=O) groups excluding carboxylic acids is 2. The molecule has 2 amide bonds. The molecule has 1 atom stereocenters. The number of benzene rings is 1. The van der Waals surface area contributed by atoms with Crippen molar-refractivity contribution in [3.63, 3.8) is 0 Å². The molecule has 140 valence electrons. The molecular formula is C18H23ClN4O2S. The number of thiocarbonyl (C=S) groups is 1. The summed E-state index contributed by atoms with van der Waals surface area (Å²) in [6.45, 7) is 7.73. The summed E-state index contributed by atoms with van der Waals surface area (Å²) in [6, 6.07) is 6.77. The fourth-order valence-electron chi connectivity index (χ4n) is 2.69. The highest BCUT2D eigenvalue weighted by molar-refractivity contribution is 7.80. The molecule has 1 aromatic rings. The van der Waals surface area contributed by atoms with E-state index in [1.54, 1.807) is 24.3 Å². The first-order valence-corrected chi connectivity index (χ1v) is 9.43. The zero-order valence-corrected chi connectivity index (χ0v) is 16.5. The zero-order valence-electron chi connectivity index (χ0n) is 14.9. The topological polar surface area (TPSA) is 65.0 Å². The summed E-state index contributed by atoms with van der Waals surface area (Å²) in [4.78, 5) is 32.8. The van der Waals surface area contributed by atoms with E-state index in [0.29, 0.717) is 17.3 Å². The number of aliphatic imine (C=N–C) groups is 1. The van der Waals surface area contributed by atoms with Gasteiger partial charge in [-0.1, -0.05) is 31.5 Å². The first-order chi connectivity index (χ1) is 12.5. The maximum absolute atomic E-state index is 12.8. The van der Waals surface area contributed by atoms with Crippen molar-refractivity contribution in [3.05, 3.63) is 29.3 Å². The number of hydrogen-bond donors (Lipinski definition) is 1. The Morgan fingerprint density at radius 2 is 2.08 bits per heavy atom. The molecule has 8 heteroatoms. The van der Waals surface area contributed by atoms with Gasteiger partial charge in [-0.05, 0) is 56.5 Å². The standard InChI is InChI=1S/C18H23ClN4O2S/c1-3-22(4-2)10-6-9-20-12-15-16(24)21-18(26)23(17(15)25)14-8-5-7-13(19)11-14/h5,7-8,11-12,15H,3-4,6,9-10H2,1-2H3,(H,21,24,26). The van der Waals surface area contributed by atoms with Crippen LogP contribution in [0.4, 0.5) is 5.69 Å². The molecule has 0 aromatic heterocycles. The van der Waals surface area contributed by atoms with Gasteiger partial charge >= 0.3 is 0 Å². The van der Waals surface area contributed by atoms with E-state index in [9.17, 15) is 9.59 Å². The van der Waals surface area contributed by atoms with Gasteiger partial charge in [0.1, 0.15) is 0 Å². The number of anilines is 1. The molecule has 6 nitrogen and oxygen atoms in total. The Labute approximate surface area is 164 Å². The summed E-state index contributed by atoms with van der Waals surface area (Å²) in [5.41, 5.74) is 0.521. The second kappa shape index (κ2) is 9.75. The average Bonchev–Trinajstić information content (AvgIpc) is 2.60. The second-order valence-electron chi connectivity index (χ2n) is 5.86. The van der Waals surface area contributed by atoms with Crippen LogP contribution in [0, 0.1) is 5.92 Å². The van der Waals surface area contributed by atoms with Crippen LogP contribution in [-0.4, -0.2) is 54.2 Å².